The van der Waals surface area contributed by atoms with Crippen LogP contribution in [-0.2, 0) is 24.0 Å². The predicted molar refractivity (Wildman–Crippen MR) is 130 cm³/mol. The summed E-state index contributed by atoms with van der Waals surface area (Å²) < 4.78 is 62.1. The van der Waals surface area contributed by atoms with Crippen LogP contribution < -0.4 is 4.90 Å². The standard InChI is InChI=1S/C26H26ClF4N5O/c27-18-4-5-21-17(12-18)13-35(19-8-11-37-15-19)14-23-32-33-25(36(21)23)16-6-9-34(10-7-16)22-3-1-2-20(24(22)28)26(29,30)31/h1-5,12,16,19H,6-11,13-15H2/t19-/m0/s1. The summed E-state index contributed by atoms with van der Waals surface area (Å²) in [6.45, 7) is 3.61. The van der Waals surface area contributed by atoms with Crippen molar-refractivity contribution < 1.29 is 22.3 Å². The van der Waals surface area contributed by atoms with E-state index in [1.807, 2.05) is 18.2 Å². The first-order valence-electron chi connectivity index (χ1n) is 12.4. The molecule has 196 valence electrons. The highest BCUT2D eigenvalue weighted by Gasteiger charge is 2.37. The SMILES string of the molecule is Fc1c(N2CCC(c3nnc4n3-c3ccc(Cl)cc3CN([C@H]3CCOC3)C4)CC2)cccc1C(F)(F)F. The Balaban J connectivity index is 1.28. The van der Waals surface area contributed by atoms with Crippen LogP contribution in [0.2, 0.25) is 5.02 Å². The molecule has 6 rings (SSSR count). The maximum Gasteiger partial charge on any atom is 0.419 e. The number of fused-ring (bicyclic) bond motifs is 3. The van der Waals surface area contributed by atoms with E-state index in [4.69, 9.17) is 16.3 Å². The van der Waals surface area contributed by atoms with Gasteiger partial charge in [-0.2, -0.15) is 13.2 Å². The fourth-order valence-electron chi connectivity index (χ4n) is 5.74. The highest BCUT2D eigenvalue weighted by molar-refractivity contribution is 6.30. The molecule has 0 unspecified atom stereocenters. The van der Waals surface area contributed by atoms with Gasteiger partial charge in [-0.25, -0.2) is 4.39 Å². The molecule has 0 aliphatic carbocycles. The molecule has 11 heteroatoms. The van der Waals surface area contributed by atoms with Crippen molar-refractivity contribution in [2.24, 2.45) is 0 Å². The maximum absolute atomic E-state index is 14.7. The molecule has 0 spiro atoms. The van der Waals surface area contributed by atoms with E-state index >= 15 is 0 Å². The Kier molecular flexibility index (Phi) is 6.37. The normalized spacial score (nSPS) is 21.1. The molecule has 0 saturated carbocycles. The number of anilines is 1. The highest BCUT2D eigenvalue weighted by Crippen LogP contribution is 2.38. The van der Waals surface area contributed by atoms with Gasteiger partial charge in [0, 0.05) is 43.2 Å². The zero-order chi connectivity index (χ0) is 25.7. The maximum atomic E-state index is 14.7. The average Bonchev–Trinajstić information content (AvgIpc) is 3.51. The molecule has 2 saturated heterocycles. The Labute approximate surface area is 216 Å². The zero-order valence-corrected chi connectivity index (χ0v) is 20.8. The monoisotopic (exact) mass is 535 g/mol. The lowest BCUT2D eigenvalue weighted by molar-refractivity contribution is -0.139. The second-order valence-electron chi connectivity index (χ2n) is 9.90. The molecule has 0 bridgehead atoms. The fourth-order valence-corrected chi connectivity index (χ4v) is 5.94. The van der Waals surface area contributed by atoms with Crippen molar-refractivity contribution in [2.45, 2.75) is 50.5 Å². The topological polar surface area (TPSA) is 46.4 Å². The minimum Gasteiger partial charge on any atom is -0.380 e. The van der Waals surface area contributed by atoms with E-state index in [9.17, 15) is 17.6 Å². The number of alkyl halides is 3. The Morgan fingerprint density at radius 2 is 1.78 bits per heavy atom. The molecule has 3 aliphatic rings. The van der Waals surface area contributed by atoms with E-state index in [2.05, 4.69) is 19.7 Å². The summed E-state index contributed by atoms with van der Waals surface area (Å²) in [6.07, 6.45) is -2.53. The Morgan fingerprint density at radius 1 is 0.973 bits per heavy atom. The average molecular weight is 536 g/mol. The zero-order valence-electron chi connectivity index (χ0n) is 20.0. The highest BCUT2D eigenvalue weighted by atomic mass is 35.5. The summed E-state index contributed by atoms with van der Waals surface area (Å²) in [7, 11) is 0. The number of benzene rings is 2. The Morgan fingerprint density at radius 3 is 2.51 bits per heavy atom. The molecule has 2 fully saturated rings. The summed E-state index contributed by atoms with van der Waals surface area (Å²) in [5.74, 6) is 0.490. The van der Waals surface area contributed by atoms with E-state index < -0.39 is 17.6 Å². The molecular weight excluding hydrogens is 510 g/mol. The van der Waals surface area contributed by atoms with Gasteiger partial charge in [-0.15, -0.1) is 10.2 Å². The fraction of sp³-hybridized carbons (Fsp3) is 0.462. The number of ether oxygens (including phenoxy) is 1. The van der Waals surface area contributed by atoms with E-state index in [0.717, 1.165) is 48.5 Å². The van der Waals surface area contributed by atoms with Gasteiger partial charge in [0.1, 0.15) is 5.82 Å². The second kappa shape index (κ2) is 9.56. The third-order valence-corrected chi connectivity index (χ3v) is 7.90. The molecule has 0 N–H and O–H groups in total. The summed E-state index contributed by atoms with van der Waals surface area (Å²) in [5.41, 5.74) is 0.833. The summed E-state index contributed by atoms with van der Waals surface area (Å²) in [6, 6.07) is 9.59. The Bertz CT molecular complexity index is 1300. The number of hydrogen-bond donors (Lipinski definition) is 0. The van der Waals surface area contributed by atoms with Crippen molar-refractivity contribution in [3.05, 3.63) is 70.0 Å². The van der Waals surface area contributed by atoms with Crippen molar-refractivity contribution >= 4 is 17.3 Å². The van der Waals surface area contributed by atoms with Gasteiger partial charge < -0.3 is 9.64 Å². The minimum absolute atomic E-state index is 0.0113. The van der Waals surface area contributed by atoms with Crippen LogP contribution in [0.3, 0.4) is 0 Å². The van der Waals surface area contributed by atoms with Crippen molar-refractivity contribution in [3.8, 4) is 5.69 Å². The van der Waals surface area contributed by atoms with Crippen LogP contribution in [0.25, 0.3) is 5.69 Å². The van der Waals surface area contributed by atoms with E-state index in [1.54, 1.807) is 4.90 Å². The number of rotatable bonds is 3. The quantitative estimate of drug-likeness (QED) is 0.411. The molecule has 3 aliphatic heterocycles. The van der Waals surface area contributed by atoms with Crippen molar-refractivity contribution in [1.29, 1.82) is 0 Å². The third-order valence-electron chi connectivity index (χ3n) is 7.66. The molecule has 0 radical (unpaired) electrons. The van der Waals surface area contributed by atoms with Gasteiger partial charge in [0.25, 0.3) is 0 Å². The van der Waals surface area contributed by atoms with Crippen LogP contribution in [0.1, 0.15) is 48.0 Å². The van der Waals surface area contributed by atoms with Crippen LogP contribution in [0.5, 0.6) is 0 Å². The lowest BCUT2D eigenvalue weighted by atomic mass is 9.95. The predicted octanol–water partition coefficient (Wildman–Crippen LogP) is 5.57. The van der Waals surface area contributed by atoms with Crippen molar-refractivity contribution in [1.82, 2.24) is 19.7 Å². The van der Waals surface area contributed by atoms with E-state index in [0.29, 0.717) is 50.1 Å². The first-order valence-corrected chi connectivity index (χ1v) is 12.8. The molecule has 37 heavy (non-hydrogen) atoms. The van der Waals surface area contributed by atoms with Crippen LogP contribution >= 0.6 is 11.6 Å². The molecule has 3 aromatic rings. The summed E-state index contributed by atoms with van der Waals surface area (Å²) in [5, 5.41) is 9.81. The Hall–Kier alpha value is -2.69. The van der Waals surface area contributed by atoms with Crippen molar-refractivity contribution in [3.63, 3.8) is 0 Å². The molecule has 6 nitrogen and oxygen atoms in total. The van der Waals surface area contributed by atoms with Crippen molar-refractivity contribution in [2.75, 3.05) is 31.2 Å². The molecule has 0 amide bonds. The van der Waals surface area contributed by atoms with Crippen LogP contribution in [0.15, 0.2) is 36.4 Å². The van der Waals surface area contributed by atoms with Gasteiger partial charge in [0.15, 0.2) is 11.6 Å². The summed E-state index contributed by atoms with van der Waals surface area (Å²) in [4.78, 5) is 4.05. The smallest absolute Gasteiger partial charge is 0.380 e. The van der Waals surface area contributed by atoms with Crippen LogP contribution in [-0.4, -0.2) is 52.0 Å². The minimum atomic E-state index is -4.73. The van der Waals surface area contributed by atoms with Crippen LogP contribution in [0, 0.1) is 5.82 Å². The van der Waals surface area contributed by atoms with E-state index in [1.165, 1.54) is 12.1 Å². The third kappa shape index (κ3) is 4.59. The first-order chi connectivity index (χ1) is 17.8. The molecule has 4 heterocycles. The number of aromatic nitrogens is 3. The van der Waals surface area contributed by atoms with Gasteiger partial charge in [-0.1, -0.05) is 17.7 Å². The number of piperidine rings is 1. The molecule has 2 aromatic carbocycles. The van der Waals surface area contributed by atoms with Gasteiger partial charge >= 0.3 is 6.18 Å². The van der Waals surface area contributed by atoms with Gasteiger partial charge in [-0.3, -0.25) is 9.47 Å². The number of hydrogen-bond acceptors (Lipinski definition) is 5. The van der Waals surface area contributed by atoms with Gasteiger partial charge in [-0.05, 0) is 55.2 Å². The lowest BCUT2D eigenvalue weighted by Gasteiger charge is -2.34. The van der Waals surface area contributed by atoms with Gasteiger partial charge in [0.05, 0.1) is 30.1 Å². The number of nitrogens with zero attached hydrogens (tertiary/aromatic N) is 5. The lowest BCUT2D eigenvalue weighted by Crippen LogP contribution is -2.34. The molecular formula is C26H26ClF4N5O. The van der Waals surface area contributed by atoms with Gasteiger partial charge in [0.2, 0.25) is 0 Å². The molecule has 1 atom stereocenters. The summed E-state index contributed by atoms with van der Waals surface area (Å²) >= 11 is 6.36. The van der Waals surface area contributed by atoms with Crippen LogP contribution in [0.4, 0.5) is 23.2 Å². The molecule has 1 aromatic heterocycles. The largest absolute Gasteiger partial charge is 0.419 e. The number of halogens is 5. The first kappa shape index (κ1) is 24.6. The van der Waals surface area contributed by atoms with E-state index in [-0.39, 0.29) is 11.6 Å². The second-order valence-corrected chi connectivity index (χ2v) is 10.3.